The Morgan fingerprint density at radius 1 is 1.19 bits per heavy atom. The summed E-state index contributed by atoms with van der Waals surface area (Å²) < 4.78 is 4.54. The van der Waals surface area contributed by atoms with E-state index in [4.69, 9.17) is 4.98 Å². The fraction of sp³-hybridized carbons (Fsp3) is 0.400. The van der Waals surface area contributed by atoms with Crippen LogP contribution < -0.4 is 10.2 Å². The van der Waals surface area contributed by atoms with Gasteiger partial charge in [-0.05, 0) is 25.8 Å². The number of hydrogen-bond acceptors (Lipinski definition) is 6. The van der Waals surface area contributed by atoms with Crippen LogP contribution in [-0.4, -0.2) is 48.6 Å². The van der Waals surface area contributed by atoms with E-state index in [9.17, 15) is 9.59 Å². The molecule has 2 aromatic rings. The molecule has 0 radical (unpaired) electrons. The van der Waals surface area contributed by atoms with Gasteiger partial charge in [-0.2, -0.15) is 0 Å². The second-order valence-electron chi connectivity index (χ2n) is 6.62. The van der Waals surface area contributed by atoms with Gasteiger partial charge < -0.3 is 15.0 Å². The molecule has 142 valence electrons. The number of anilines is 1. The molecule has 0 bridgehead atoms. The van der Waals surface area contributed by atoms with E-state index in [1.807, 2.05) is 43.3 Å². The van der Waals surface area contributed by atoms with Crippen LogP contribution in [-0.2, 0) is 14.3 Å². The van der Waals surface area contributed by atoms with Crippen molar-refractivity contribution < 1.29 is 14.3 Å². The lowest BCUT2D eigenvalue weighted by Crippen LogP contribution is -2.42. The van der Waals surface area contributed by atoms with E-state index in [2.05, 4.69) is 19.9 Å². The van der Waals surface area contributed by atoms with E-state index in [0.717, 1.165) is 17.0 Å². The topological polar surface area (TPSA) is 84.4 Å². The number of amides is 1. The van der Waals surface area contributed by atoms with Crippen molar-refractivity contribution >= 4 is 17.8 Å². The van der Waals surface area contributed by atoms with Crippen LogP contribution >= 0.6 is 0 Å². The summed E-state index contributed by atoms with van der Waals surface area (Å²) in [6, 6.07) is 12.0. The second-order valence-corrected chi connectivity index (χ2v) is 6.62. The number of nitrogens with zero attached hydrogens (tertiary/aromatic N) is 3. The van der Waals surface area contributed by atoms with E-state index in [0.29, 0.717) is 31.9 Å². The van der Waals surface area contributed by atoms with E-state index >= 15 is 0 Å². The fourth-order valence-electron chi connectivity index (χ4n) is 3.17. The molecule has 1 aromatic heterocycles. The Bertz CT molecular complexity index is 802. The Balaban J connectivity index is 1.63. The number of aryl methyl sites for hydroxylation is 1. The molecule has 1 saturated heterocycles. The highest BCUT2D eigenvalue weighted by Crippen LogP contribution is 2.24. The summed E-state index contributed by atoms with van der Waals surface area (Å²) in [5, 5.41) is 2.63. The number of esters is 1. The lowest BCUT2D eigenvalue weighted by Gasteiger charge is -2.31. The Morgan fingerprint density at radius 2 is 1.89 bits per heavy atom. The molecule has 0 aliphatic carbocycles. The minimum Gasteiger partial charge on any atom is -0.468 e. The third-order valence-electron chi connectivity index (χ3n) is 4.70. The van der Waals surface area contributed by atoms with Gasteiger partial charge in [0.25, 0.3) is 0 Å². The molecular weight excluding hydrogens is 344 g/mol. The van der Waals surface area contributed by atoms with Crippen molar-refractivity contribution in [1.82, 2.24) is 15.3 Å². The third kappa shape index (κ3) is 4.81. The highest BCUT2D eigenvalue weighted by molar-refractivity contribution is 5.83. The van der Waals surface area contributed by atoms with Gasteiger partial charge in [0.2, 0.25) is 11.9 Å². The first-order valence-electron chi connectivity index (χ1n) is 9.07. The zero-order chi connectivity index (χ0) is 19.2. The van der Waals surface area contributed by atoms with Gasteiger partial charge in [0.15, 0.2) is 0 Å². The van der Waals surface area contributed by atoms with Crippen LogP contribution in [0.1, 0.15) is 18.5 Å². The van der Waals surface area contributed by atoms with Crippen molar-refractivity contribution in [2.24, 2.45) is 5.92 Å². The average molecular weight is 368 g/mol. The Morgan fingerprint density at radius 3 is 2.56 bits per heavy atom. The molecule has 0 saturated carbocycles. The number of ether oxygens (including phenoxy) is 1. The molecule has 27 heavy (non-hydrogen) atoms. The largest absolute Gasteiger partial charge is 0.468 e. The highest BCUT2D eigenvalue weighted by atomic mass is 16.5. The molecule has 2 heterocycles. The first-order chi connectivity index (χ1) is 13.1. The number of benzene rings is 1. The molecule has 0 unspecified atom stereocenters. The number of nitrogens with one attached hydrogen (secondary N) is 1. The van der Waals surface area contributed by atoms with Crippen LogP contribution in [0, 0.1) is 12.8 Å². The standard InChI is InChI=1S/C20H24N4O3/c1-14-12-17(15-6-4-3-5-7-15)23-20(22-14)24-10-8-16(9-11-24)19(26)21-13-18(25)27-2/h3-7,12,16H,8-11,13H2,1-2H3,(H,21,26). The number of methoxy groups -OCH3 is 1. The molecule has 1 amide bonds. The van der Waals surface area contributed by atoms with Crippen LogP contribution in [0.4, 0.5) is 5.95 Å². The van der Waals surface area contributed by atoms with Crippen molar-refractivity contribution in [2.75, 3.05) is 31.6 Å². The van der Waals surface area contributed by atoms with Crippen molar-refractivity contribution in [2.45, 2.75) is 19.8 Å². The Kier molecular flexibility index (Phi) is 6.01. The predicted molar refractivity (Wildman–Crippen MR) is 102 cm³/mol. The van der Waals surface area contributed by atoms with Gasteiger partial charge in [-0.15, -0.1) is 0 Å². The SMILES string of the molecule is COC(=O)CNC(=O)C1CCN(c2nc(C)cc(-c3ccccc3)n2)CC1. The van der Waals surface area contributed by atoms with Gasteiger partial charge in [0.1, 0.15) is 6.54 Å². The summed E-state index contributed by atoms with van der Waals surface area (Å²) in [4.78, 5) is 34.8. The number of carbonyl (C=O) groups excluding carboxylic acids is 2. The van der Waals surface area contributed by atoms with E-state index in [1.54, 1.807) is 0 Å². The quantitative estimate of drug-likeness (QED) is 0.812. The Hall–Kier alpha value is -2.96. The van der Waals surface area contributed by atoms with Crippen molar-refractivity contribution in [3.63, 3.8) is 0 Å². The van der Waals surface area contributed by atoms with Gasteiger partial charge in [-0.25, -0.2) is 9.97 Å². The van der Waals surface area contributed by atoms with Crippen molar-refractivity contribution in [3.05, 3.63) is 42.1 Å². The molecule has 1 fully saturated rings. The molecule has 0 atom stereocenters. The number of aromatic nitrogens is 2. The summed E-state index contributed by atoms with van der Waals surface area (Å²) in [5.41, 5.74) is 2.87. The zero-order valence-corrected chi connectivity index (χ0v) is 15.6. The summed E-state index contributed by atoms with van der Waals surface area (Å²) in [5.74, 6) is 0.0455. The second kappa shape index (κ2) is 8.62. The lowest BCUT2D eigenvalue weighted by molar-refractivity contribution is -0.141. The molecule has 1 aromatic carbocycles. The fourth-order valence-corrected chi connectivity index (χ4v) is 3.17. The monoisotopic (exact) mass is 368 g/mol. The smallest absolute Gasteiger partial charge is 0.325 e. The summed E-state index contributed by atoms with van der Waals surface area (Å²) in [6.45, 7) is 3.28. The van der Waals surface area contributed by atoms with Crippen LogP contribution in [0.25, 0.3) is 11.3 Å². The molecule has 1 aliphatic heterocycles. The highest BCUT2D eigenvalue weighted by Gasteiger charge is 2.26. The summed E-state index contributed by atoms with van der Waals surface area (Å²) in [7, 11) is 1.30. The number of rotatable bonds is 5. The van der Waals surface area contributed by atoms with Gasteiger partial charge in [0, 0.05) is 30.3 Å². The molecule has 1 aliphatic rings. The molecule has 7 heteroatoms. The first kappa shape index (κ1) is 18.8. The van der Waals surface area contributed by atoms with Gasteiger partial charge in [0.05, 0.1) is 12.8 Å². The maximum absolute atomic E-state index is 12.2. The predicted octanol–water partition coefficient (Wildman–Crippen LogP) is 1.96. The third-order valence-corrected chi connectivity index (χ3v) is 4.70. The van der Waals surface area contributed by atoms with E-state index in [1.165, 1.54) is 7.11 Å². The maximum atomic E-state index is 12.2. The van der Waals surface area contributed by atoms with Crippen molar-refractivity contribution in [1.29, 1.82) is 0 Å². The van der Waals surface area contributed by atoms with Crippen LogP contribution in [0.5, 0.6) is 0 Å². The molecule has 0 spiro atoms. The van der Waals surface area contributed by atoms with Crippen LogP contribution in [0.15, 0.2) is 36.4 Å². The molecular formula is C20H24N4O3. The summed E-state index contributed by atoms with van der Waals surface area (Å²) >= 11 is 0. The molecule has 7 nitrogen and oxygen atoms in total. The maximum Gasteiger partial charge on any atom is 0.325 e. The van der Waals surface area contributed by atoms with Crippen molar-refractivity contribution in [3.8, 4) is 11.3 Å². The van der Waals surface area contributed by atoms with E-state index in [-0.39, 0.29) is 18.4 Å². The molecule has 3 rings (SSSR count). The number of hydrogen-bond donors (Lipinski definition) is 1. The number of piperidine rings is 1. The van der Waals surface area contributed by atoms with Gasteiger partial charge in [-0.1, -0.05) is 30.3 Å². The number of carbonyl (C=O) groups is 2. The normalized spacial score (nSPS) is 14.7. The summed E-state index contributed by atoms with van der Waals surface area (Å²) in [6.07, 6.45) is 1.40. The Labute approximate surface area is 158 Å². The van der Waals surface area contributed by atoms with Gasteiger partial charge >= 0.3 is 5.97 Å². The average Bonchev–Trinajstić information content (AvgIpc) is 2.72. The first-order valence-corrected chi connectivity index (χ1v) is 9.07. The minimum atomic E-state index is -0.442. The van der Waals surface area contributed by atoms with Gasteiger partial charge in [-0.3, -0.25) is 9.59 Å². The van der Waals surface area contributed by atoms with Crippen LogP contribution in [0.2, 0.25) is 0 Å². The molecule has 1 N–H and O–H groups in total. The lowest BCUT2D eigenvalue weighted by atomic mass is 9.96. The minimum absolute atomic E-state index is 0.0863. The zero-order valence-electron chi connectivity index (χ0n) is 15.6. The van der Waals surface area contributed by atoms with Crippen LogP contribution in [0.3, 0.4) is 0 Å². The van der Waals surface area contributed by atoms with E-state index < -0.39 is 5.97 Å².